The van der Waals surface area contributed by atoms with E-state index in [0.717, 1.165) is 25.7 Å². The minimum atomic E-state index is -2.16. The first-order valence-corrected chi connectivity index (χ1v) is 14.0. The Hall–Kier alpha value is -1.60. The van der Waals surface area contributed by atoms with Gasteiger partial charge in [-0.3, -0.25) is 14.4 Å². The summed E-state index contributed by atoms with van der Waals surface area (Å²) < 4.78 is 0. The minimum absolute atomic E-state index is 0.0787. The molecule has 0 bridgehead atoms. The molecule has 5 aliphatic carbocycles. The number of hydrogen-bond donors (Lipinski definition) is 8. The number of ketones is 1. The molecule has 0 heterocycles. The lowest BCUT2D eigenvalue weighted by molar-refractivity contribution is -0.233. The summed E-state index contributed by atoms with van der Waals surface area (Å²) >= 11 is 0. The fourth-order valence-corrected chi connectivity index (χ4v) is 9.07. The summed E-state index contributed by atoms with van der Waals surface area (Å²) in [6, 6.07) is 0. The SMILES string of the molecule is CONC(=O)C1CCCC(C2CCC(O)C3C(=O)C4C(O)[C@]5(O)C(O)C(C(N)O)=C(O)C[C@@H]5C[C@@H]4CC23)C1. The van der Waals surface area contributed by atoms with Crippen molar-refractivity contribution in [2.75, 3.05) is 7.11 Å². The summed E-state index contributed by atoms with van der Waals surface area (Å²) in [7, 11) is 1.41. The van der Waals surface area contributed by atoms with Gasteiger partial charge >= 0.3 is 0 Å². The number of carbonyl (C=O) groups is 2. The van der Waals surface area contributed by atoms with E-state index in [9.17, 15) is 40.2 Å². The lowest BCUT2D eigenvalue weighted by atomic mass is 9.48. The second-order valence-corrected chi connectivity index (χ2v) is 12.4. The third-order valence-electron chi connectivity index (χ3n) is 10.7. The van der Waals surface area contributed by atoms with Crippen LogP contribution in [0.2, 0.25) is 0 Å². The van der Waals surface area contributed by atoms with Gasteiger partial charge in [0, 0.05) is 35.7 Å². The third kappa shape index (κ3) is 4.31. The number of nitrogens with one attached hydrogen (secondary N) is 1. The van der Waals surface area contributed by atoms with Crippen molar-refractivity contribution in [2.45, 2.75) is 87.9 Å². The zero-order valence-electron chi connectivity index (χ0n) is 21.8. The second-order valence-electron chi connectivity index (χ2n) is 12.4. The van der Waals surface area contributed by atoms with Crippen molar-refractivity contribution in [1.82, 2.24) is 5.48 Å². The molecule has 5 rings (SSSR count). The van der Waals surface area contributed by atoms with Gasteiger partial charge in [0.25, 0.3) is 0 Å². The van der Waals surface area contributed by atoms with Gasteiger partial charge in [-0.05, 0) is 62.2 Å². The summed E-state index contributed by atoms with van der Waals surface area (Å²) in [5.41, 5.74) is 5.47. The number of carbonyl (C=O) groups excluding carboxylic acids is 2. The molecule has 214 valence electrons. The molecule has 5 aliphatic rings. The summed E-state index contributed by atoms with van der Waals surface area (Å²) in [5.74, 6) is -3.34. The molecular weight excluding hydrogens is 496 g/mol. The van der Waals surface area contributed by atoms with Crippen molar-refractivity contribution >= 4 is 11.7 Å². The monoisotopic (exact) mass is 538 g/mol. The van der Waals surface area contributed by atoms with Crippen LogP contribution in [0.4, 0.5) is 0 Å². The molecule has 0 aromatic rings. The maximum Gasteiger partial charge on any atom is 0.246 e. The van der Waals surface area contributed by atoms with Crippen molar-refractivity contribution in [3.05, 3.63) is 11.3 Å². The van der Waals surface area contributed by atoms with Gasteiger partial charge in [0.1, 0.15) is 23.7 Å². The van der Waals surface area contributed by atoms with Crippen LogP contribution in [0.5, 0.6) is 0 Å². The Bertz CT molecular complexity index is 972. The van der Waals surface area contributed by atoms with Gasteiger partial charge in [0.05, 0.1) is 25.1 Å². The highest BCUT2D eigenvalue weighted by Gasteiger charge is 2.65. The van der Waals surface area contributed by atoms with E-state index in [1.165, 1.54) is 7.11 Å². The summed E-state index contributed by atoms with van der Waals surface area (Å²) in [4.78, 5) is 31.3. The molecule has 38 heavy (non-hydrogen) atoms. The number of aliphatic hydroxyl groups excluding tert-OH is 5. The lowest BCUT2D eigenvalue weighted by Gasteiger charge is -2.59. The molecule has 4 saturated carbocycles. The number of hydroxylamine groups is 1. The highest BCUT2D eigenvalue weighted by Crippen LogP contribution is 2.58. The topological polar surface area (TPSA) is 203 Å². The van der Waals surface area contributed by atoms with E-state index in [0.29, 0.717) is 25.7 Å². The molecule has 0 saturated heterocycles. The fraction of sp³-hybridized carbons (Fsp3) is 0.852. The van der Waals surface area contributed by atoms with Crippen molar-refractivity contribution in [2.24, 2.45) is 53.1 Å². The average molecular weight is 539 g/mol. The Morgan fingerprint density at radius 1 is 1.05 bits per heavy atom. The molecule has 10 unspecified atom stereocenters. The normalized spacial score (nSPS) is 48.0. The van der Waals surface area contributed by atoms with Gasteiger partial charge in [-0.15, -0.1) is 0 Å². The van der Waals surface area contributed by atoms with Gasteiger partial charge in [-0.25, -0.2) is 5.48 Å². The molecule has 0 aromatic carbocycles. The molecular formula is C27H42N2O9. The van der Waals surface area contributed by atoms with Crippen LogP contribution in [0.1, 0.15) is 57.8 Å². The number of aliphatic hydroxyl groups is 6. The Labute approximate surface area is 222 Å². The van der Waals surface area contributed by atoms with Crippen LogP contribution in [-0.2, 0) is 14.4 Å². The van der Waals surface area contributed by atoms with Gasteiger partial charge in [-0.2, -0.15) is 0 Å². The zero-order chi connectivity index (χ0) is 27.5. The second kappa shape index (κ2) is 10.4. The van der Waals surface area contributed by atoms with Crippen molar-refractivity contribution in [3.63, 3.8) is 0 Å². The van der Waals surface area contributed by atoms with Crippen LogP contribution in [0, 0.1) is 47.3 Å². The van der Waals surface area contributed by atoms with Gasteiger partial charge in [-0.1, -0.05) is 12.8 Å². The molecule has 11 nitrogen and oxygen atoms in total. The first-order valence-electron chi connectivity index (χ1n) is 14.0. The Morgan fingerprint density at radius 3 is 2.47 bits per heavy atom. The van der Waals surface area contributed by atoms with Gasteiger partial charge < -0.3 is 36.4 Å². The number of nitrogens with two attached hydrogens (primary N) is 1. The molecule has 13 atom stereocenters. The third-order valence-corrected chi connectivity index (χ3v) is 10.7. The number of rotatable bonds is 4. The molecule has 4 fully saturated rings. The number of fused-ring (bicyclic) bond motifs is 3. The molecule has 1 amide bonds. The smallest absolute Gasteiger partial charge is 0.246 e. The molecule has 11 heteroatoms. The number of Topliss-reactive ketones (excluding diaryl/α,β-unsaturated/α-hetero) is 1. The van der Waals surface area contributed by atoms with Crippen LogP contribution >= 0.6 is 0 Å². The van der Waals surface area contributed by atoms with Crippen LogP contribution in [-0.4, -0.2) is 79.6 Å². The quantitative estimate of drug-likeness (QED) is 0.173. The zero-order valence-corrected chi connectivity index (χ0v) is 21.8. The van der Waals surface area contributed by atoms with Crippen molar-refractivity contribution < 1.29 is 45.1 Å². The number of amides is 1. The van der Waals surface area contributed by atoms with Crippen LogP contribution in [0.15, 0.2) is 11.3 Å². The van der Waals surface area contributed by atoms with Crippen molar-refractivity contribution in [3.8, 4) is 0 Å². The van der Waals surface area contributed by atoms with Gasteiger partial charge in [0.2, 0.25) is 5.91 Å². The molecule has 0 aliphatic heterocycles. The lowest BCUT2D eigenvalue weighted by Crippen LogP contribution is -2.70. The number of allylic oxidation sites excluding steroid dienone is 1. The molecule has 0 aromatic heterocycles. The predicted molar refractivity (Wildman–Crippen MR) is 132 cm³/mol. The van der Waals surface area contributed by atoms with E-state index in [1.807, 2.05) is 0 Å². The highest BCUT2D eigenvalue weighted by molar-refractivity contribution is 5.86. The molecule has 9 N–H and O–H groups in total. The summed E-state index contributed by atoms with van der Waals surface area (Å²) in [5, 5.41) is 65.3. The average Bonchev–Trinajstić information content (AvgIpc) is 2.86. The summed E-state index contributed by atoms with van der Waals surface area (Å²) in [6.45, 7) is 0. The standard InChI is InChI=1S/C27H42N2O9/c1-38-29-26(36)12-4-2-3-11(7-12)15-5-6-17(30)20-16(15)9-13-8-14-10-18(31)21(25(28)35)24(34)27(14,37)23(33)19(13)22(20)32/h11-17,19-20,23-25,30-31,33-35,37H,2-10,28H2,1H3,(H,29,36)/t11?,12?,13-,14+,15?,16?,17?,19?,20?,23?,24?,25?,27+/m1/s1. The Morgan fingerprint density at radius 2 is 1.79 bits per heavy atom. The van der Waals surface area contributed by atoms with Gasteiger partial charge in [0.15, 0.2) is 0 Å². The van der Waals surface area contributed by atoms with E-state index in [1.54, 1.807) is 0 Å². The van der Waals surface area contributed by atoms with Crippen molar-refractivity contribution in [1.29, 1.82) is 0 Å². The minimum Gasteiger partial charge on any atom is -0.512 e. The van der Waals surface area contributed by atoms with Crippen LogP contribution in [0.25, 0.3) is 0 Å². The first-order chi connectivity index (χ1) is 18.0. The summed E-state index contributed by atoms with van der Waals surface area (Å²) in [6.07, 6.45) is -0.725. The maximum atomic E-state index is 14.0. The predicted octanol–water partition coefficient (Wildman–Crippen LogP) is -0.355. The van der Waals surface area contributed by atoms with E-state index in [-0.39, 0.29) is 59.0 Å². The Kier molecular flexibility index (Phi) is 7.66. The fourth-order valence-electron chi connectivity index (χ4n) is 9.07. The highest BCUT2D eigenvalue weighted by atomic mass is 16.6. The number of hydrogen-bond acceptors (Lipinski definition) is 10. The largest absolute Gasteiger partial charge is 0.512 e. The van der Waals surface area contributed by atoms with Crippen LogP contribution < -0.4 is 11.2 Å². The first kappa shape index (κ1) is 27.9. The van der Waals surface area contributed by atoms with Crippen LogP contribution in [0.3, 0.4) is 0 Å². The Balaban J connectivity index is 1.42. The van der Waals surface area contributed by atoms with E-state index < -0.39 is 47.9 Å². The van der Waals surface area contributed by atoms with E-state index >= 15 is 0 Å². The van der Waals surface area contributed by atoms with E-state index in [2.05, 4.69) is 5.48 Å². The van der Waals surface area contributed by atoms with E-state index in [4.69, 9.17) is 10.6 Å². The molecule has 0 radical (unpaired) electrons. The maximum absolute atomic E-state index is 14.0. The molecule has 0 spiro atoms.